The molecule has 1 heterocycles. The van der Waals surface area contributed by atoms with E-state index in [0.29, 0.717) is 0 Å². The predicted octanol–water partition coefficient (Wildman–Crippen LogP) is 3.01. The number of carbonyl (C=O) groups excluding carboxylic acids is 3. The molecular formula is C38H39N5O6. The van der Waals surface area contributed by atoms with Crippen molar-refractivity contribution in [1.29, 1.82) is 0 Å². The molecule has 1 aromatic heterocycles. The minimum Gasteiger partial charge on any atom is -0.508 e. The molecule has 0 saturated heterocycles. The van der Waals surface area contributed by atoms with E-state index in [1.165, 1.54) is 12.1 Å². The Hall–Kier alpha value is -5.94. The number of nitrogens with two attached hydrogens (primary N) is 1. The molecule has 4 aromatic carbocycles. The summed E-state index contributed by atoms with van der Waals surface area (Å²) < 4.78 is 0. The minimum absolute atomic E-state index is 0.0477. The Labute approximate surface area is 283 Å². The fourth-order valence-electron chi connectivity index (χ4n) is 5.64. The number of para-hydroxylation sites is 1. The summed E-state index contributed by atoms with van der Waals surface area (Å²) in [6, 6.07) is 27.3. The Morgan fingerprint density at radius 3 is 1.69 bits per heavy atom. The Kier molecular flexibility index (Phi) is 11.4. The van der Waals surface area contributed by atoms with Gasteiger partial charge in [0.2, 0.25) is 17.7 Å². The second kappa shape index (κ2) is 16.2. The number of aromatic hydroxyl groups is 1. The highest BCUT2D eigenvalue weighted by atomic mass is 16.4. The number of phenols is 1. The topological polar surface area (TPSA) is 187 Å². The molecule has 49 heavy (non-hydrogen) atoms. The molecule has 0 spiro atoms. The van der Waals surface area contributed by atoms with Crippen LogP contribution in [-0.4, -0.2) is 63.1 Å². The van der Waals surface area contributed by atoms with Crippen LogP contribution in [0.4, 0.5) is 0 Å². The van der Waals surface area contributed by atoms with E-state index in [9.17, 15) is 29.4 Å². The van der Waals surface area contributed by atoms with Gasteiger partial charge in [-0.3, -0.25) is 14.4 Å². The number of H-pyrrole nitrogens is 1. The molecule has 0 aliphatic rings. The Bertz CT molecular complexity index is 1880. The number of carboxylic acid groups (broad SMARTS) is 1. The molecule has 0 fully saturated rings. The van der Waals surface area contributed by atoms with Crippen LogP contribution >= 0.6 is 0 Å². The van der Waals surface area contributed by atoms with Crippen LogP contribution in [0.25, 0.3) is 10.9 Å². The smallest absolute Gasteiger partial charge is 0.326 e. The largest absolute Gasteiger partial charge is 0.508 e. The molecule has 4 unspecified atom stereocenters. The monoisotopic (exact) mass is 661 g/mol. The second-order valence-corrected chi connectivity index (χ2v) is 11.9. The normalized spacial score (nSPS) is 13.5. The highest BCUT2D eigenvalue weighted by molar-refractivity contribution is 5.95. The summed E-state index contributed by atoms with van der Waals surface area (Å²) in [5, 5.41) is 28.6. The van der Waals surface area contributed by atoms with Gasteiger partial charge in [0.1, 0.15) is 23.9 Å². The third-order valence-corrected chi connectivity index (χ3v) is 8.27. The molecule has 0 aliphatic heterocycles. The number of phenolic OH excluding ortho intramolecular Hbond substituents is 1. The van der Waals surface area contributed by atoms with E-state index < -0.39 is 47.9 Å². The number of aromatic nitrogens is 1. The van der Waals surface area contributed by atoms with Gasteiger partial charge in [-0.05, 0) is 46.9 Å². The highest BCUT2D eigenvalue weighted by Crippen LogP contribution is 2.20. The third-order valence-electron chi connectivity index (χ3n) is 8.27. The Morgan fingerprint density at radius 1 is 0.592 bits per heavy atom. The van der Waals surface area contributed by atoms with Crippen LogP contribution in [0.2, 0.25) is 0 Å². The van der Waals surface area contributed by atoms with E-state index >= 15 is 0 Å². The van der Waals surface area contributed by atoms with Crippen LogP contribution in [0.3, 0.4) is 0 Å². The lowest BCUT2D eigenvalue weighted by atomic mass is 10.0. The molecule has 5 rings (SSSR count). The van der Waals surface area contributed by atoms with Crippen LogP contribution in [0.15, 0.2) is 115 Å². The molecule has 0 saturated carbocycles. The number of aromatic amines is 1. The lowest BCUT2D eigenvalue weighted by molar-refractivity contribution is -0.142. The Morgan fingerprint density at radius 2 is 1.08 bits per heavy atom. The first-order valence-electron chi connectivity index (χ1n) is 16.0. The average Bonchev–Trinajstić information content (AvgIpc) is 3.51. The summed E-state index contributed by atoms with van der Waals surface area (Å²) >= 11 is 0. The van der Waals surface area contributed by atoms with E-state index in [1.807, 2.05) is 36.4 Å². The minimum atomic E-state index is -1.25. The van der Waals surface area contributed by atoms with Crippen molar-refractivity contribution in [3.63, 3.8) is 0 Å². The zero-order valence-electron chi connectivity index (χ0n) is 26.7. The predicted molar refractivity (Wildman–Crippen MR) is 186 cm³/mol. The zero-order valence-corrected chi connectivity index (χ0v) is 26.7. The van der Waals surface area contributed by atoms with E-state index in [2.05, 4.69) is 20.9 Å². The number of hydrogen-bond donors (Lipinski definition) is 7. The van der Waals surface area contributed by atoms with Crippen LogP contribution in [0.1, 0.15) is 22.3 Å². The van der Waals surface area contributed by atoms with Crippen LogP contribution in [0.5, 0.6) is 5.75 Å². The van der Waals surface area contributed by atoms with E-state index in [0.717, 1.165) is 33.2 Å². The standard InChI is InChI=1S/C38H39N5O6/c39-30(19-26-15-17-28(44)18-16-26)35(45)41-33(22-27-23-40-31-14-8-7-13-29(27)31)37(47)42-32(20-24-9-3-1-4-10-24)36(46)43-34(38(48)49)21-25-11-5-2-6-12-25/h1-18,23,30,32-34,40,44H,19-22,39H2,(H,41,45)(H,42,47)(H,43,46)(H,48,49). The lowest BCUT2D eigenvalue weighted by Crippen LogP contribution is -2.58. The third kappa shape index (κ3) is 9.55. The molecule has 8 N–H and O–H groups in total. The maximum absolute atomic E-state index is 14.1. The fourth-order valence-corrected chi connectivity index (χ4v) is 5.64. The maximum atomic E-state index is 14.1. The average molecular weight is 662 g/mol. The first-order chi connectivity index (χ1) is 23.7. The van der Waals surface area contributed by atoms with Gasteiger partial charge >= 0.3 is 5.97 Å². The number of nitrogens with one attached hydrogen (secondary N) is 4. The van der Waals surface area contributed by atoms with Gasteiger partial charge in [0.25, 0.3) is 0 Å². The van der Waals surface area contributed by atoms with Gasteiger partial charge in [0, 0.05) is 36.4 Å². The molecule has 252 valence electrons. The molecule has 5 aromatic rings. The van der Waals surface area contributed by atoms with Crippen molar-refractivity contribution >= 4 is 34.6 Å². The van der Waals surface area contributed by atoms with Crippen LogP contribution in [0, 0.1) is 0 Å². The van der Waals surface area contributed by atoms with Crippen molar-refractivity contribution in [1.82, 2.24) is 20.9 Å². The SMILES string of the molecule is NC(Cc1ccc(O)cc1)C(=O)NC(Cc1c[nH]c2ccccc12)C(=O)NC(Cc1ccccc1)C(=O)NC(Cc1ccccc1)C(=O)O. The van der Waals surface area contributed by atoms with Gasteiger partial charge < -0.3 is 36.9 Å². The molecular weight excluding hydrogens is 622 g/mol. The summed E-state index contributed by atoms with van der Waals surface area (Å²) in [7, 11) is 0. The maximum Gasteiger partial charge on any atom is 0.326 e. The van der Waals surface area contributed by atoms with Crippen molar-refractivity contribution in [2.24, 2.45) is 5.73 Å². The van der Waals surface area contributed by atoms with Gasteiger partial charge in [0.15, 0.2) is 0 Å². The lowest BCUT2D eigenvalue weighted by Gasteiger charge is -2.25. The molecule has 11 heteroatoms. The van der Waals surface area contributed by atoms with Gasteiger partial charge in [-0.25, -0.2) is 4.79 Å². The van der Waals surface area contributed by atoms with Crippen molar-refractivity contribution in [2.45, 2.75) is 49.9 Å². The second-order valence-electron chi connectivity index (χ2n) is 11.9. The van der Waals surface area contributed by atoms with Crippen molar-refractivity contribution < 1.29 is 29.4 Å². The number of rotatable bonds is 15. The molecule has 0 bridgehead atoms. The van der Waals surface area contributed by atoms with Gasteiger partial charge in [-0.1, -0.05) is 91.0 Å². The quantitative estimate of drug-likeness (QED) is 0.0899. The van der Waals surface area contributed by atoms with E-state index in [-0.39, 0.29) is 31.4 Å². The number of hydrogen-bond acceptors (Lipinski definition) is 6. The van der Waals surface area contributed by atoms with Crippen molar-refractivity contribution in [3.05, 3.63) is 138 Å². The fraction of sp³-hybridized carbons (Fsp3) is 0.211. The first kappa shape index (κ1) is 34.4. The number of amides is 3. The summed E-state index contributed by atoms with van der Waals surface area (Å²) in [6.45, 7) is 0. The Balaban J connectivity index is 1.38. The summed E-state index contributed by atoms with van der Waals surface area (Å²) in [4.78, 5) is 56.6. The van der Waals surface area contributed by atoms with Crippen molar-refractivity contribution in [3.8, 4) is 5.75 Å². The summed E-state index contributed by atoms with van der Waals surface area (Å²) in [6.07, 6.45) is 2.13. The molecule has 11 nitrogen and oxygen atoms in total. The number of carbonyl (C=O) groups is 4. The van der Waals surface area contributed by atoms with Crippen LogP contribution < -0.4 is 21.7 Å². The highest BCUT2D eigenvalue weighted by Gasteiger charge is 2.31. The number of fused-ring (bicyclic) bond motifs is 1. The summed E-state index contributed by atoms with van der Waals surface area (Å²) in [5.41, 5.74) is 10.1. The number of carboxylic acids is 1. The van der Waals surface area contributed by atoms with Gasteiger partial charge in [0.05, 0.1) is 6.04 Å². The van der Waals surface area contributed by atoms with Crippen LogP contribution in [-0.2, 0) is 44.9 Å². The first-order valence-corrected chi connectivity index (χ1v) is 16.0. The van der Waals surface area contributed by atoms with E-state index in [1.54, 1.807) is 66.9 Å². The van der Waals surface area contributed by atoms with E-state index in [4.69, 9.17) is 5.73 Å². The number of aliphatic carboxylic acids is 1. The zero-order chi connectivity index (χ0) is 34.8. The van der Waals surface area contributed by atoms with Crippen molar-refractivity contribution in [2.75, 3.05) is 0 Å². The number of benzene rings is 4. The molecule has 0 radical (unpaired) electrons. The molecule has 4 atom stereocenters. The molecule has 3 amide bonds. The summed E-state index contributed by atoms with van der Waals surface area (Å²) in [5.74, 6) is -3.02. The molecule has 0 aliphatic carbocycles. The van der Waals surface area contributed by atoms with Gasteiger partial charge in [-0.2, -0.15) is 0 Å². The van der Waals surface area contributed by atoms with Gasteiger partial charge in [-0.15, -0.1) is 0 Å².